The van der Waals surface area contributed by atoms with Crippen LogP contribution in [0.3, 0.4) is 0 Å². The minimum atomic E-state index is -1.79. The van der Waals surface area contributed by atoms with Crippen LogP contribution in [0.2, 0.25) is 0 Å². The Morgan fingerprint density at radius 1 is 1.17 bits per heavy atom. The molecule has 0 fully saturated rings. The van der Waals surface area contributed by atoms with Crippen LogP contribution in [0.4, 0.5) is 0 Å². The van der Waals surface area contributed by atoms with E-state index < -0.39 is 23.5 Å². The zero-order valence-corrected chi connectivity index (χ0v) is 6.27. The normalized spacial score (nSPS) is 11.8. The molecule has 6 nitrogen and oxygen atoms in total. The number of carbonyl (C=O) groups is 2. The highest BCUT2D eigenvalue weighted by atomic mass is 16.5. The molecule has 0 aromatic carbocycles. The molecule has 0 spiro atoms. The van der Waals surface area contributed by atoms with E-state index in [0.29, 0.717) is 0 Å². The fourth-order valence-electron chi connectivity index (χ4n) is 0.397. The number of aliphatic hydroxyl groups excluding tert-OH is 2. The van der Waals surface area contributed by atoms with Crippen molar-refractivity contribution in [2.75, 3.05) is 6.61 Å². The van der Waals surface area contributed by atoms with Gasteiger partial charge in [-0.2, -0.15) is 0 Å². The van der Waals surface area contributed by atoms with E-state index >= 15 is 0 Å². The van der Waals surface area contributed by atoms with Crippen molar-refractivity contribution < 1.29 is 29.6 Å². The van der Waals surface area contributed by atoms with Crippen molar-refractivity contribution in [1.82, 2.24) is 0 Å². The monoisotopic (exact) mass is 176 g/mol. The molecule has 0 radical (unpaired) electrons. The van der Waals surface area contributed by atoms with Crippen LogP contribution < -0.4 is 0 Å². The number of rotatable bonds is 3. The maximum Gasteiger partial charge on any atom is 0.377 e. The third-order valence-electron chi connectivity index (χ3n) is 0.896. The number of hydrogen-bond donors (Lipinski definition) is 3. The van der Waals surface area contributed by atoms with Gasteiger partial charge in [0.15, 0.2) is 0 Å². The standard InChI is InChI=1S/C6H8O6/c1-2-12-6(11)4(8)3(7)5(9)10/h7-8H,2H2,1H3,(H,9,10). The third-order valence-corrected chi connectivity index (χ3v) is 0.896. The second kappa shape index (κ2) is 4.22. The second-order valence-corrected chi connectivity index (χ2v) is 1.72. The lowest BCUT2D eigenvalue weighted by atomic mass is 10.4. The molecule has 0 heterocycles. The summed E-state index contributed by atoms with van der Waals surface area (Å²) in [5.41, 5.74) is 0. The molecule has 0 atom stereocenters. The van der Waals surface area contributed by atoms with Crippen molar-refractivity contribution in [3.63, 3.8) is 0 Å². The first-order chi connectivity index (χ1) is 5.50. The summed E-state index contributed by atoms with van der Waals surface area (Å²) in [5.74, 6) is -5.78. The van der Waals surface area contributed by atoms with Crippen molar-refractivity contribution in [3.05, 3.63) is 11.5 Å². The van der Waals surface area contributed by atoms with Gasteiger partial charge in [0.2, 0.25) is 0 Å². The van der Waals surface area contributed by atoms with Crippen molar-refractivity contribution in [1.29, 1.82) is 0 Å². The first-order valence-corrected chi connectivity index (χ1v) is 3.03. The van der Waals surface area contributed by atoms with Crippen molar-refractivity contribution in [3.8, 4) is 0 Å². The number of carboxylic acids is 1. The van der Waals surface area contributed by atoms with Crippen LogP contribution >= 0.6 is 0 Å². The maximum absolute atomic E-state index is 10.5. The molecule has 0 saturated carbocycles. The molecule has 0 aliphatic carbocycles. The molecule has 0 unspecified atom stereocenters. The Morgan fingerprint density at radius 2 is 1.67 bits per heavy atom. The minimum absolute atomic E-state index is 0.0181. The molecular weight excluding hydrogens is 168 g/mol. The number of aliphatic carboxylic acids is 1. The Hall–Kier alpha value is -1.72. The zero-order valence-electron chi connectivity index (χ0n) is 6.27. The molecule has 0 aromatic rings. The van der Waals surface area contributed by atoms with Crippen molar-refractivity contribution in [2.24, 2.45) is 0 Å². The molecular formula is C6H8O6. The summed E-state index contributed by atoms with van der Waals surface area (Å²) in [5, 5.41) is 25.3. The molecule has 0 aliphatic heterocycles. The molecule has 0 saturated heterocycles. The lowest BCUT2D eigenvalue weighted by Gasteiger charge is -2.00. The van der Waals surface area contributed by atoms with Gasteiger partial charge in [-0.3, -0.25) is 0 Å². The molecule has 68 valence electrons. The van der Waals surface area contributed by atoms with Gasteiger partial charge in [0.25, 0.3) is 11.5 Å². The summed E-state index contributed by atoms with van der Waals surface area (Å²) in [6.07, 6.45) is 0. The molecule has 6 heteroatoms. The summed E-state index contributed by atoms with van der Waals surface area (Å²) in [6.45, 7) is 1.46. The lowest BCUT2D eigenvalue weighted by molar-refractivity contribution is -0.144. The smallest absolute Gasteiger partial charge is 0.377 e. The number of carboxylic acid groups (broad SMARTS) is 1. The average molecular weight is 176 g/mol. The number of ether oxygens (including phenoxy) is 1. The number of hydrogen-bond acceptors (Lipinski definition) is 5. The molecule has 0 aromatic heterocycles. The molecule has 0 bridgehead atoms. The first-order valence-electron chi connectivity index (χ1n) is 3.03. The molecule has 0 rings (SSSR count). The molecule has 0 amide bonds. The minimum Gasteiger partial charge on any atom is -0.499 e. The predicted octanol–water partition coefficient (Wildman–Crippen LogP) is -0.0383. The first kappa shape index (κ1) is 10.3. The van der Waals surface area contributed by atoms with Gasteiger partial charge in [0.1, 0.15) is 0 Å². The fourth-order valence-corrected chi connectivity index (χ4v) is 0.397. The molecule has 12 heavy (non-hydrogen) atoms. The fraction of sp³-hybridized carbons (Fsp3) is 0.333. The summed E-state index contributed by atoms with van der Waals surface area (Å²) < 4.78 is 4.20. The van der Waals surface area contributed by atoms with E-state index in [1.54, 1.807) is 0 Å². The van der Waals surface area contributed by atoms with Gasteiger partial charge in [-0.1, -0.05) is 0 Å². The quantitative estimate of drug-likeness (QED) is 0.316. The van der Waals surface area contributed by atoms with E-state index in [2.05, 4.69) is 4.74 Å². The van der Waals surface area contributed by atoms with E-state index in [1.165, 1.54) is 6.92 Å². The highest BCUT2D eigenvalue weighted by Gasteiger charge is 2.19. The van der Waals surface area contributed by atoms with Gasteiger partial charge in [0, 0.05) is 0 Å². The van der Waals surface area contributed by atoms with Crippen molar-refractivity contribution >= 4 is 11.9 Å². The van der Waals surface area contributed by atoms with Crippen LogP contribution in [0.25, 0.3) is 0 Å². The number of carbonyl (C=O) groups excluding carboxylic acids is 1. The van der Waals surface area contributed by atoms with Gasteiger partial charge in [0.05, 0.1) is 6.61 Å². The summed E-state index contributed by atoms with van der Waals surface area (Å²) in [4.78, 5) is 20.5. The highest BCUT2D eigenvalue weighted by Crippen LogP contribution is 1.99. The van der Waals surface area contributed by atoms with Gasteiger partial charge < -0.3 is 20.1 Å². The van der Waals surface area contributed by atoms with Crippen LogP contribution in [-0.2, 0) is 14.3 Å². The third kappa shape index (κ3) is 2.49. The number of esters is 1. The average Bonchev–Trinajstić information content (AvgIpc) is 2.02. The van der Waals surface area contributed by atoms with Gasteiger partial charge >= 0.3 is 11.9 Å². The molecule has 3 N–H and O–H groups in total. The van der Waals surface area contributed by atoms with E-state index in [-0.39, 0.29) is 6.61 Å². The number of aliphatic hydroxyl groups is 2. The SMILES string of the molecule is CCOC(=O)C(O)=C(O)C(=O)O. The largest absolute Gasteiger partial charge is 0.499 e. The summed E-state index contributed by atoms with van der Waals surface area (Å²) in [7, 11) is 0. The second-order valence-electron chi connectivity index (χ2n) is 1.72. The Bertz CT molecular complexity index is 228. The summed E-state index contributed by atoms with van der Waals surface area (Å²) >= 11 is 0. The highest BCUT2D eigenvalue weighted by molar-refractivity contribution is 5.95. The van der Waals surface area contributed by atoms with Gasteiger partial charge in [-0.05, 0) is 6.92 Å². The lowest BCUT2D eigenvalue weighted by Crippen LogP contribution is -2.13. The Kier molecular flexibility index (Phi) is 3.61. The van der Waals surface area contributed by atoms with E-state index in [4.69, 9.17) is 15.3 Å². The van der Waals surface area contributed by atoms with Crippen LogP contribution in [0.1, 0.15) is 6.92 Å². The predicted molar refractivity (Wildman–Crippen MR) is 36.6 cm³/mol. The Balaban J connectivity index is 4.55. The maximum atomic E-state index is 10.5. The van der Waals surface area contributed by atoms with Gasteiger partial charge in [-0.15, -0.1) is 0 Å². The zero-order chi connectivity index (χ0) is 9.72. The van der Waals surface area contributed by atoms with E-state index in [1.807, 2.05) is 0 Å². The van der Waals surface area contributed by atoms with Crippen LogP contribution in [0.15, 0.2) is 11.5 Å². The Morgan fingerprint density at radius 3 is 2.00 bits per heavy atom. The summed E-state index contributed by atoms with van der Waals surface area (Å²) in [6, 6.07) is 0. The van der Waals surface area contributed by atoms with Crippen LogP contribution in [0, 0.1) is 0 Å². The van der Waals surface area contributed by atoms with E-state index in [0.717, 1.165) is 0 Å². The van der Waals surface area contributed by atoms with Gasteiger partial charge in [-0.25, -0.2) is 9.59 Å². The molecule has 0 aliphatic rings. The van der Waals surface area contributed by atoms with E-state index in [9.17, 15) is 9.59 Å². The van der Waals surface area contributed by atoms with Crippen LogP contribution in [0.5, 0.6) is 0 Å². The topological polar surface area (TPSA) is 104 Å². The Labute approximate surface area is 67.7 Å². The van der Waals surface area contributed by atoms with Crippen molar-refractivity contribution in [2.45, 2.75) is 6.92 Å². The van der Waals surface area contributed by atoms with Crippen LogP contribution in [-0.4, -0.2) is 33.9 Å².